The lowest BCUT2D eigenvalue weighted by Crippen LogP contribution is -2.36. The van der Waals surface area contributed by atoms with Gasteiger partial charge in [0.15, 0.2) is 0 Å². The number of carbonyl (C=O) groups excluding carboxylic acids is 2. The Morgan fingerprint density at radius 2 is 1.75 bits per heavy atom. The van der Waals surface area contributed by atoms with Crippen LogP contribution in [0.5, 0.6) is 0 Å². The number of amides is 2. The third-order valence-corrected chi connectivity index (χ3v) is 4.59. The molecule has 1 aromatic rings. The van der Waals surface area contributed by atoms with Gasteiger partial charge in [-0.05, 0) is 31.0 Å². The van der Waals surface area contributed by atoms with Crippen LogP contribution in [0.15, 0.2) is 22.7 Å². The predicted octanol–water partition coefficient (Wildman–Crippen LogP) is 2.45. The van der Waals surface area contributed by atoms with Crippen LogP contribution in [-0.2, 0) is 4.79 Å². The maximum absolute atomic E-state index is 12.6. The third kappa shape index (κ3) is 3.20. The molecule has 2 rings (SSSR count). The largest absolute Gasteiger partial charge is 0.341 e. The van der Waals surface area contributed by atoms with E-state index in [0.29, 0.717) is 19.6 Å². The van der Waals surface area contributed by atoms with Crippen LogP contribution in [0.1, 0.15) is 29.3 Å². The summed E-state index contributed by atoms with van der Waals surface area (Å²) in [6.07, 6.45) is 0.832. The molecular formula is C15H19BrN2O2. The van der Waals surface area contributed by atoms with Gasteiger partial charge in [-0.1, -0.05) is 22.0 Å². The van der Waals surface area contributed by atoms with Gasteiger partial charge in [0, 0.05) is 43.1 Å². The number of hydrogen-bond donors (Lipinski definition) is 0. The highest BCUT2D eigenvalue weighted by molar-refractivity contribution is 9.10. The molecule has 2 amide bonds. The summed E-state index contributed by atoms with van der Waals surface area (Å²) < 4.78 is 0.948. The van der Waals surface area contributed by atoms with Crippen LogP contribution in [-0.4, -0.2) is 47.8 Å². The molecule has 0 atom stereocenters. The molecular weight excluding hydrogens is 320 g/mol. The molecule has 0 saturated carbocycles. The summed E-state index contributed by atoms with van der Waals surface area (Å²) in [6, 6.07) is 5.67. The second kappa shape index (κ2) is 6.39. The van der Waals surface area contributed by atoms with Crippen molar-refractivity contribution in [3.63, 3.8) is 0 Å². The number of rotatable bonds is 1. The average molecular weight is 339 g/mol. The zero-order valence-corrected chi connectivity index (χ0v) is 13.4. The topological polar surface area (TPSA) is 40.6 Å². The minimum Gasteiger partial charge on any atom is -0.341 e. The van der Waals surface area contributed by atoms with Gasteiger partial charge in [-0.3, -0.25) is 9.59 Å². The minimum absolute atomic E-state index is 0.0502. The van der Waals surface area contributed by atoms with Crippen molar-refractivity contribution < 1.29 is 9.59 Å². The quantitative estimate of drug-likeness (QED) is 0.789. The smallest absolute Gasteiger partial charge is 0.254 e. The standard InChI is InChI=1S/C15H19BrN2O2/c1-11-13(5-3-6-14(11)16)15(20)18-8-4-7-17(9-10-18)12(2)19/h3,5-6H,4,7-10H2,1-2H3. The van der Waals surface area contributed by atoms with Crippen molar-refractivity contribution in [1.29, 1.82) is 0 Å². The molecule has 0 spiro atoms. The number of benzene rings is 1. The molecule has 20 heavy (non-hydrogen) atoms. The third-order valence-electron chi connectivity index (χ3n) is 3.73. The molecule has 0 unspecified atom stereocenters. The maximum Gasteiger partial charge on any atom is 0.254 e. The lowest BCUT2D eigenvalue weighted by Gasteiger charge is -2.22. The fourth-order valence-corrected chi connectivity index (χ4v) is 2.81. The fourth-order valence-electron chi connectivity index (χ4n) is 2.44. The molecule has 108 valence electrons. The molecule has 1 aliphatic rings. The molecule has 1 aromatic carbocycles. The summed E-state index contributed by atoms with van der Waals surface area (Å²) in [4.78, 5) is 27.7. The van der Waals surface area contributed by atoms with E-state index in [1.807, 2.05) is 30.0 Å². The van der Waals surface area contributed by atoms with Gasteiger partial charge in [-0.2, -0.15) is 0 Å². The van der Waals surface area contributed by atoms with E-state index in [-0.39, 0.29) is 11.8 Å². The molecule has 1 fully saturated rings. The summed E-state index contributed by atoms with van der Waals surface area (Å²) in [5, 5.41) is 0. The Kier molecular flexibility index (Phi) is 4.81. The lowest BCUT2D eigenvalue weighted by molar-refractivity contribution is -0.128. The number of nitrogens with zero attached hydrogens (tertiary/aromatic N) is 2. The van der Waals surface area contributed by atoms with Gasteiger partial charge < -0.3 is 9.80 Å². The van der Waals surface area contributed by atoms with Crippen LogP contribution >= 0.6 is 15.9 Å². The first-order chi connectivity index (χ1) is 9.50. The summed E-state index contributed by atoms with van der Waals surface area (Å²) in [7, 11) is 0. The van der Waals surface area contributed by atoms with Crippen LogP contribution in [0.4, 0.5) is 0 Å². The van der Waals surface area contributed by atoms with Crippen molar-refractivity contribution >= 4 is 27.7 Å². The van der Waals surface area contributed by atoms with Gasteiger partial charge in [-0.25, -0.2) is 0 Å². The second-order valence-electron chi connectivity index (χ2n) is 5.06. The first kappa shape index (κ1) is 15.0. The Bertz CT molecular complexity index is 531. The Morgan fingerprint density at radius 3 is 2.45 bits per heavy atom. The molecule has 0 N–H and O–H groups in total. The van der Waals surface area contributed by atoms with Gasteiger partial charge in [-0.15, -0.1) is 0 Å². The summed E-state index contributed by atoms with van der Waals surface area (Å²) in [6.45, 7) is 6.18. The van der Waals surface area contributed by atoms with Crippen LogP contribution in [0.3, 0.4) is 0 Å². The van der Waals surface area contributed by atoms with E-state index in [2.05, 4.69) is 15.9 Å². The molecule has 4 nitrogen and oxygen atoms in total. The van der Waals surface area contributed by atoms with Crippen LogP contribution in [0.25, 0.3) is 0 Å². The zero-order valence-electron chi connectivity index (χ0n) is 11.9. The lowest BCUT2D eigenvalue weighted by atomic mass is 10.1. The van der Waals surface area contributed by atoms with Crippen LogP contribution < -0.4 is 0 Å². The summed E-state index contributed by atoms with van der Waals surface area (Å²) in [5.74, 6) is 0.132. The zero-order chi connectivity index (χ0) is 14.7. The number of carbonyl (C=O) groups is 2. The number of hydrogen-bond acceptors (Lipinski definition) is 2. The first-order valence-corrected chi connectivity index (χ1v) is 7.60. The second-order valence-corrected chi connectivity index (χ2v) is 5.92. The van der Waals surface area contributed by atoms with Gasteiger partial charge in [0.05, 0.1) is 0 Å². The molecule has 1 aliphatic heterocycles. The van der Waals surface area contributed by atoms with Crippen molar-refractivity contribution in [3.05, 3.63) is 33.8 Å². The molecule has 0 radical (unpaired) electrons. The van der Waals surface area contributed by atoms with Crippen molar-refractivity contribution in [3.8, 4) is 0 Å². The van der Waals surface area contributed by atoms with E-state index in [1.165, 1.54) is 0 Å². The van der Waals surface area contributed by atoms with Crippen LogP contribution in [0.2, 0.25) is 0 Å². The Hall–Kier alpha value is -1.36. The predicted molar refractivity (Wildman–Crippen MR) is 81.7 cm³/mol. The highest BCUT2D eigenvalue weighted by Gasteiger charge is 2.22. The summed E-state index contributed by atoms with van der Waals surface area (Å²) >= 11 is 3.46. The van der Waals surface area contributed by atoms with Crippen molar-refractivity contribution in [2.24, 2.45) is 0 Å². The highest BCUT2D eigenvalue weighted by Crippen LogP contribution is 2.21. The molecule has 5 heteroatoms. The monoisotopic (exact) mass is 338 g/mol. The average Bonchev–Trinajstić information content (AvgIpc) is 2.67. The fraction of sp³-hybridized carbons (Fsp3) is 0.467. The van der Waals surface area contributed by atoms with Gasteiger partial charge in [0.2, 0.25) is 5.91 Å². The first-order valence-electron chi connectivity index (χ1n) is 6.80. The Labute approximate surface area is 127 Å². The molecule has 0 bridgehead atoms. The van der Waals surface area contributed by atoms with Crippen molar-refractivity contribution in [2.75, 3.05) is 26.2 Å². The molecule has 1 heterocycles. The molecule has 0 aromatic heterocycles. The van der Waals surface area contributed by atoms with Crippen molar-refractivity contribution in [2.45, 2.75) is 20.3 Å². The van der Waals surface area contributed by atoms with E-state index in [4.69, 9.17) is 0 Å². The van der Waals surface area contributed by atoms with Crippen molar-refractivity contribution in [1.82, 2.24) is 9.80 Å². The van der Waals surface area contributed by atoms with Gasteiger partial charge >= 0.3 is 0 Å². The maximum atomic E-state index is 12.6. The minimum atomic E-state index is 0.0502. The highest BCUT2D eigenvalue weighted by atomic mass is 79.9. The molecule has 1 saturated heterocycles. The van der Waals surface area contributed by atoms with Gasteiger partial charge in [0.25, 0.3) is 5.91 Å². The van der Waals surface area contributed by atoms with Crippen LogP contribution in [0, 0.1) is 6.92 Å². The molecule has 0 aliphatic carbocycles. The van der Waals surface area contributed by atoms with Gasteiger partial charge in [0.1, 0.15) is 0 Å². The summed E-state index contributed by atoms with van der Waals surface area (Å²) in [5.41, 5.74) is 1.70. The van der Waals surface area contributed by atoms with E-state index in [0.717, 1.165) is 28.6 Å². The Morgan fingerprint density at radius 1 is 1.10 bits per heavy atom. The van der Waals surface area contributed by atoms with E-state index >= 15 is 0 Å². The van der Waals surface area contributed by atoms with E-state index in [1.54, 1.807) is 11.8 Å². The SMILES string of the molecule is CC(=O)N1CCCN(C(=O)c2cccc(Br)c2C)CC1. The normalized spacial score (nSPS) is 15.9. The Balaban J connectivity index is 2.13. The van der Waals surface area contributed by atoms with E-state index < -0.39 is 0 Å². The van der Waals surface area contributed by atoms with E-state index in [9.17, 15) is 9.59 Å². The number of halogens is 1.